The zero-order valence-corrected chi connectivity index (χ0v) is 24.9. The average Bonchev–Trinajstić information content (AvgIpc) is 3.47. The number of aryl methyl sites for hydroxylation is 2. The molecule has 2 aromatic carbocycles. The molecule has 5 nitrogen and oxygen atoms in total. The van der Waals surface area contributed by atoms with Gasteiger partial charge in [-0.3, -0.25) is 14.2 Å². The van der Waals surface area contributed by atoms with Gasteiger partial charge in [-0.1, -0.05) is 43.0 Å². The molecule has 0 radical (unpaired) electrons. The lowest BCUT2D eigenvalue weighted by Crippen LogP contribution is -2.23. The molecule has 0 saturated heterocycles. The van der Waals surface area contributed by atoms with Crippen LogP contribution in [0.4, 0.5) is 13.2 Å². The van der Waals surface area contributed by atoms with Gasteiger partial charge in [-0.15, -0.1) is 11.3 Å². The number of benzene rings is 2. The molecular weight excluding hydrogens is 579 g/mol. The average molecular weight is 608 g/mol. The third kappa shape index (κ3) is 5.11. The Kier molecular flexibility index (Phi) is 7.39. The lowest BCUT2D eigenvalue weighted by molar-refractivity contribution is -0.137. The summed E-state index contributed by atoms with van der Waals surface area (Å²) in [6, 6.07) is 16.1. The summed E-state index contributed by atoms with van der Waals surface area (Å²) < 4.78 is 43.3. The number of carbonyl (C=O) groups is 1. The molecule has 0 aliphatic heterocycles. The Morgan fingerprint density at radius 2 is 1.79 bits per heavy atom. The van der Waals surface area contributed by atoms with Gasteiger partial charge in [-0.05, 0) is 81.0 Å². The minimum atomic E-state index is -4.47. The highest BCUT2D eigenvalue weighted by Gasteiger charge is 2.31. The minimum absolute atomic E-state index is 0.0137. The van der Waals surface area contributed by atoms with Crippen molar-refractivity contribution in [2.45, 2.75) is 51.4 Å². The van der Waals surface area contributed by atoms with Crippen molar-refractivity contribution in [2.75, 3.05) is 5.75 Å². The second kappa shape index (κ2) is 10.9. The van der Waals surface area contributed by atoms with Crippen LogP contribution >= 0.6 is 23.1 Å². The standard InChI is InChI=1S/C32H28F3N3O2S2/c1-18-12-13-24-27(14-18)42-29-28(24)30(40)38(22-9-5-4-6-10-22)31(36-29)41-17-26(39)25-15-19(2)37(20(25)3)23-11-7-8-21(16-23)32(33,34)35/h4-11,15-16,18H,12-14,17H2,1-3H3/t18-/m1/s1. The Morgan fingerprint density at radius 3 is 2.52 bits per heavy atom. The molecule has 0 N–H and O–H groups in total. The second-order valence-corrected chi connectivity index (χ2v) is 12.8. The van der Waals surface area contributed by atoms with Crippen LogP contribution in [0.3, 0.4) is 0 Å². The van der Waals surface area contributed by atoms with E-state index < -0.39 is 11.7 Å². The number of fused-ring (bicyclic) bond motifs is 3. The number of carbonyl (C=O) groups excluding carboxylic acids is 1. The van der Waals surface area contributed by atoms with Gasteiger partial charge < -0.3 is 4.57 Å². The summed E-state index contributed by atoms with van der Waals surface area (Å²) in [5.74, 6) is 0.377. The van der Waals surface area contributed by atoms with E-state index in [0.717, 1.165) is 37.0 Å². The van der Waals surface area contributed by atoms with Crippen LogP contribution in [0, 0.1) is 19.8 Å². The third-order valence-corrected chi connectivity index (χ3v) is 9.90. The number of hydrogen-bond donors (Lipinski definition) is 0. The molecule has 0 bridgehead atoms. The van der Waals surface area contributed by atoms with Crippen molar-refractivity contribution in [3.05, 3.63) is 104 Å². The summed E-state index contributed by atoms with van der Waals surface area (Å²) in [7, 11) is 0. The van der Waals surface area contributed by atoms with Crippen molar-refractivity contribution in [1.29, 1.82) is 0 Å². The number of alkyl halides is 3. The molecule has 10 heteroatoms. The van der Waals surface area contributed by atoms with Crippen LogP contribution in [0.5, 0.6) is 0 Å². The molecule has 216 valence electrons. The van der Waals surface area contributed by atoms with E-state index in [1.54, 1.807) is 46.5 Å². The summed E-state index contributed by atoms with van der Waals surface area (Å²) in [6.45, 7) is 5.71. The highest BCUT2D eigenvalue weighted by Crippen LogP contribution is 2.37. The summed E-state index contributed by atoms with van der Waals surface area (Å²) >= 11 is 2.77. The summed E-state index contributed by atoms with van der Waals surface area (Å²) in [5.41, 5.74) is 2.88. The molecule has 5 aromatic rings. The monoisotopic (exact) mass is 607 g/mol. The first kappa shape index (κ1) is 28.5. The molecule has 0 fully saturated rings. The Hall–Kier alpha value is -3.63. The SMILES string of the molecule is Cc1cc(C(=O)CSc2nc3sc4c(c3c(=O)n2-c2ccccc2)CC[C@@H](C)C4)c(C)n1-c1cccc(C(F)(F)F)c1. The van der Waals surface area contributed by atoms with E-state index in [1.165, 1.54) is 22.7 Å². The summed E-state index contributed by atoms with van der Waals surface area (Å²) in [6.07, 6.45) is -1.64. The van der Waals surface area contributed by atoms with Gasteiger partial charge in [0.1, 0.15) is 4.83 Å². The van der Waals surface area contributed by atoms with Crippen LogP contribution in [0.2, 0.25) is 0 Å². The summed E-state index contributed by atoms with van der Waals surface area (Å²) in [5, 5.41) is 1.11. The quantitative estimate of drug-likeness (QED) is 0.112. The fourth-order valence-electron chi connectivity index (χ4n) is 5.74. The van der Waals surface area contributed by atoms with Gasteiger partial charge in [0.25, 0.3) is 5.56 Å². The summed E-state index contributed by atoms with van der Waals surface area (Å²) in [4.78, 5) is 34.3. The van der Waals surface area contributed by atoms with E-state index in [1.807, 2.05) is 30.3 Å². The number of Topliss-reactive ketones (excluding diaryl/α,β-unsaturated/α-hetero) is 1. The number of aromatic nitrogens is 3. The first-order valence-electron chi connectivity index (χ1n) is 13.7. The number of nitrogens with zero attached hydrogens (tertiary/aromatic N) is 3. The van der Waals surface area contributed by atoms with Crippen LogP contribution in [0.1, 0.15) is 51.1 Å². The van der Waals surface area contributed by atoms with Crippen molar-refractivity contribution in [3.8, 4) is 11.4 Å². The zero-order chi connectivity index (χ0) is 29.8. The number of rotatable bonds is 6. The van der Waals surface area contributed by atoms with Gasteiger partial charge in [-0.2, -0.15) is 13.2 Å². The van der Waals surface area contributed by atoms with E-state index in [-0.39, 0.29) is 17.1 Å². The fourth-order valence-corrected chi connectivity index (χ4v) is 8.06. The molecule has 0 spiro atoms. The predicted molar refractivity (Wildman–Crippen MR) is 162 cm³/mol. The van der Waals surface area contributed by atoms with Gasteiger partial charge in [0.15, 0.2) is 10.9 Å². The number of thiophene rings is 1. The van der Waals surface area contributed by atoms with E-state index in [9.17, 15) is 22.8 Å². The van der Waals surface area contributed by atoms with Gasteiger partial charge in [0.2, 0.25) is 0 Å². The van der Waals surface area contributed by atoms with E-state index in [4.69, 9.17) is 4.98 Å². The maximum absolute atomic E-state index is 14.0. The first-order valence-corrected chi connectivity index (χ1v) is 15.5. The maximum Gasteiger partial charge on any atom is 0.416 e. The van der Waals surface area contributed by atoms with Crippen LogP contribution in [-0.4, -0.2) is 25.7 Å². The van der Waals surface area contributed by atoms with Gasteiger partial charge in [0.05, 0.1) is 22.4 Å². The number of halogens is 3. The van der Waals surface area contributed by atoms with Gasteiger partial charge >= 0.3 is 6.18 Å². The van der Waals surface area contributed by atoms with Crippen molar-refractivity contribution in [2.24, 2.45) is 5.92 Å². The largest absolute Gasteiger partial charge is 0.416 e. The van der Waals surface area contributed by atoms with Crippen LogP contribution < -0.4 is 5.56 Å². The van der Waals surface area contributed by atoms with Crippen molar-refractivity contribution in [1.82, 2.24) is 14.1 Å². The van der Waals surface area contributed by atoms with Crippen molar-refractivity contribution < 1.29 is 18.0 Å². The van der Waals surface area contributed by atoms with E-state index in [0.29, 0.717) is 49.6 Å². The predicted octanol–water partition coefficient (Wildman–Crippen LogP) is 7.97. The molecular formula is C32H28F3N3O2S2. The first-order chi connectivity index (χ1) is 20.0. The van der Waals surface area contributed by atoms with Crippen molar-refractivity contribution >= 4 is 39.1 Å². The van der Waals surface area contributed by atoms with Crippen LogP contribution in [0.25, 0.3) is 21.6 Å². The molecule has 0 unspecified atom stereocenters. The molecule has 3 aromatic heterocycles. The third-order valence-electron chi connectivity index (χ3n) is 7.81. The molecule has 3 heterocycles. The Bertz CT molecular complexity index is 1890. The van der Waals surface area contributed by atoms with E-state index >= 15 is 0 Å². The Balaban J connectivity index is 1.36. The Labute approximate surface area is 249 Å². The lowest BCUT2D eigenvalue weighted by atomic mass is 9.89. The molecule has 6 rings (SSSR count). The smallest absolute Gasteiger partial charge is 0.318 e. The lowest BCUT2D eigenvalue weighted by Gasteiger charge is -2.17. The number of hydrogen-bond acceptors (Lipinski definition) is 5. The molecule has 0 amide bonds. The van der Waals surface area contributed by atoms with Crippen LogP contribution in [-0.2, 0) is 19.0 Å². The van der Waals surface area contributed by atoms with Gasteiger partial charge in [-0.25, -0.2) is 4.98 Å². The van der Waals surface area contributed by atoms with E-state index in [2.05, 4.69) is 6.92 Å². The Morgan fingerprint density at radius 1 is 1.05 bits per heavy atom. The molecule has 1 aliphatic carbocycles. The number of ketones is 1. The van der Waals surface area contributed by atoms with Gasteiger partial charge in [0, 0.05) is 27.5 Å². The molecule has 1 atom stereocenters. The molecule has 42 heavy (non-hydrogen) atoms. The topological polar surface area (TPSA) is 56.9 Å². The maximum atomic E-state index is 14.0. The minimum Gasteiger partial charge on any atom is -0.318 e. The normalized spacial score (nSPS) is 15.2. The molecule has 0 saturated carbocycles. The second-order valence-electron chi connectivity index (χ2n) is 10.8. The highest BCUT2D eigenvalue weighted by molar-refractivity contribution is 7.99. The highest BCUT2D eigenvalue weighted by atomic mass is 32.2. The number of thioether (sulfide) groups is 1. The fraction of sp³-hybridized carbons (Fsp3) is 0.281. The van der Waals surface area contributed by atoms with Crippen molar-refractivity contribution in [3.63, 3.8) is 0 Å². The number of para-hydroxylation sites is 1. The van der Waals surface area contributed by atoms with Crippen LogP contribution in [0.15, 0.2) is 70.6 Å². The molecule has 1 aliphatic rings. The zero-order valence-electron chi connectivity index (χ0n) is 23.3.